The number of carboxylic acid groups (broad SMARTS) is 1. The molecule has 3 amide bonds. The van der Waals surface area contributed by atoms with Gasteiger partial charge in [0.1, 0.15) is 0 Å². The van der Waals surface area contributed by atoms with Gasteiger partial charge in [0.2, 0.25) is 5.91 Å². The van der Waals surface area contributed by atoms with E-state index in [9.17, 15) is 29.1 Å². The fourth-order valence-corrected chi connectivity index (χ4v) is 3.95. The Morgan fingerprint density at radius 1 is 1.23 bits per heavy atom. The van der Waals surface area contributed by atoms with E-state index in [2.05, 4.69) is 16.0 Å². The molecule has 1 saturated heterocycles. The van der Waals surface area contributed by atoms with E-state index in [-0.39, 0.29) is 22.9 Å². The second-order valence-electron chi connectivity index (χ2n) is 8.41. The third kappa shape index (κ3) is 7.84. The van der Waals surface area contributed by atoms with Crippen LogP contribution in [0.15, 0.2) is 18.2 Å². The first-order valence-corrected chi connectivity index (χ1v) is 11.5. The van der Waals surface area contributed by atoms with E-state index >= 15 is 0 Å². The number of carbonyl (C=O) groups excluding carboxylic acids is 4. The Morgan fingerprint density at radius 2 is 1.91 bits per heavy atom. The average Bonchev–Trinajstić information content (AvgIpc) is 2.76. The van der Waals surface area contributed by atoms with Gasteiger partial charge in [0.25, 0.3) is 17.8 Å². The molecule has 1 aromatic carbocycles. The molecule has 4 N–H and O–H groups in total. The zero-order chi connectivity index (χ0) is 26.3. The Kier molecular flexibility index (Phi) is 9.93. The van der Waals surface area contributed by atoms with Gasteiger partial charge in [-0.1, -0.05) is 37.0 Å². The van der Waals surface area contributed by atoms with Crippen molar-refractivity contribution < 1.29 is 38.4 Å². The van der Waals surface area contributed by atoms with E-state index in [0.717, 1.165) is 0 Å². The summed E-state index contributed by atoms with van der Waals surface area (Å²) >= 11 is 11.9. The summed E-state index contributed by atoms with van der Waals surface area (Å²) in [6, 6.07) is 4.31. The number of rotatable bonds is 10. The predicted octanol–water partition coefficient (Wildman–Crippen LogP) is 1.20. The van der Waals surface area contributed by atoms with Crippen molar-refractivity contribution in [3.8, 4) is 0 Å². The molecule has 1 heterocycles. The van der Waals surface area contributed by atoms with Crippen molar-refractivity contribution in [1.82, 2.24) is 16.0 Å². The van der Waals surface area contributed by atoms with Crippen LogP contribution in [0.1, 0.15) is 43.5 Å². The second-order valence-corrected chi connectivity index (χ2v) is 9.25. The maximum atomic E-state index is 12.6. The highest BCUT2D eigenvalue weighted by Gasteiger charge is 2.54. The van der Waals surface area contributed by atoms with Crippen LogP contribution in [0, 0.1) is 5.92 Å². The van der Waals surface area contributed by atoms with Gasteiger partial charge in [-0.25, -0.2) is 0 Å². The predicted molar refractivity (Wildman–Crippen MR) is 127 cm³/mol. The molecule has 0 aliphatic carbocycles. The first kappa shape index (κ1) is 28.4. The number of amides is 3. The summed E-state index contributed by atoms with van der Waals surface area (Å²) < 4.78 is 11.0. The molecule has 11 nitrogen and oxygen atoms in total. The quantitative estimate of drug-likeness (QED) is 0.329. The molecule has 2 rings (SSSR count). The molecule has 1 fully saturated rings. The van der Waals surface area contributed by atoms with E-state index in [4.69, 9.17) is 32.5 Å². The van der Waals surface area contributed by atoms with Gasteiger partial charge in [0, 0.05) is 12.1 Å². The smallest absolute Gasteiger partial charge is 0.508 e. The number of hydrogen-bond acceptors (Lipinski definition) is 7. The zero-order valence-electron chi connectivity index (χ0n) is 19.4. The Labute approximate surface area is 212 Å². The minimum atomic E-state index is -2.00. The monoisotopic (exact) mass is 529 g/mol. The van der Waals surface area contributed by atoms with Gasteiger partial charge in [-0.3, -0.25) is 24.0 Å². The summed E-state index contributed by atoms with van der Waals surface area (Å²) in [7, 11) is -0.149. The summed E-state index contributed by atoms with van der Waals surface area (Å²) in [6.07, 6.45) is -1.13. The van der Waals surface area contributed by atoms with Crippen LogP contribution in [0.2, 0.25) is 10.0 Å². The fourth-order valence-electron chi connectivity index (χ4n) is 3.58. The molecule has 190 valence electrons. The largest absolute Gasteiger partial charge is 0.552 e. The summed E-state index contributed by atoms with van der Waals surface area (Å²) in [6.45, 7) is 3.23. The number of halogens is 2. The van der Waals surface area contributed by atoms with Gasteiger partial charge in [-0.15, -0.1) is 0 Å². The minimum absolute atomic E-state index is 0.0155. The van der Waals surface area contributed by atoms with Crippen molar-refractivity contribution in [3.63, 3.8) is 0 Å². The third-order valence-corrected chi connectivity index (χ3v) is 5.64. The van der Waals surface area contributed by atoms with E-state index in [1.807, 2.05) is 13.8 Å². The summed E-state index contributed by atoms with van der Waals surface area (Å²) in [5, 5.41) is 17.1. The highest BCUT2D eigenvalue weighted by atomic mass is 35.5. The highest BCUT2D eigenvalue weighted by Crippen LogP contribution is 2.30. The SMILES string of the molecule is CNC(=O)[C@]1(CC(=O)O)CC(=O)OB([C@H](CC(C)C)NC(=O)CNC(=O)c2cc(Cl)ccc2Cl)O1. The lowest BCUT2D eigenvalue weighted by atomic mass is 9.70. The second kappa shape index (κ2) is 12.2. The van der Waals surface area contributed by atoms with E-state index in [0.29, 0.717) is 5.02 Å². The van der Waals surface area contributed by atoms with Gasteiger partial charge >= 0.3 is 13.1 Å². The van der Waals surface area contributed by atoms with Crippen molar-refractivity contribution in [2.75, 3.05) is 13.6 Å². The van der Waals surface area contributed by atoms with Crippen LogP contribution < -0.4 is 16.0 Å². The molecule has 0 bridgehead atoms. The number of likely N-dealkylation sites (N-methyl/N-ethyl adjacent to an activating group) is 1. The molecule has 2 atom stereocenters. The topological polar surface area (TPSA) is 160 Å². The number of aliphatic carboxylic acids is 1. The lowest BCUT2D eigenvalue weighted by Crippen LogP contribution is -2.63. The molecule has 1 aliphatic heterocycles. The molecule has 14 heteroatoms. The summed E-state index contributed by atoms with van der Waals surface area (Å²) in [5.41, 5.74) is -1.92. The van der Waals surface area contributed by atoms with E-state index in [1.54, 1.807) is 0 Å². The van der Waals surface area contributed by atoms with Crippen LogP contribution >= 0.6 is 23.2 Å². The number of hydrogen-bond donors (Lipinski definition) is 4. The van der Waals surface area contributed by atoms with E-state index < -0.39 is 67.7 Å². The van der Waals surface area contributed by atoms with Crippen molar-refractivity contribution in [3.05, 3.63) is 33.8 Å². The molecule has 0 spiro atoms. The number of carbonyl (C=O) groups is 5. The number of nitrogens with one attached hydrogen (secondary N) is 3. The molecular formula is C21H26BCl2N3O8. The van der Waals surface area contributed by atoms with Gasteiger partial charge in [0.05, 0.1) is 35.9 Å². The Hall–Kier alpha value is -2.83. The van der Waals surface area contributed by atoms with Gasteiger partial charge in [0.15, 0.2) is 5.60 Å². The van der Waals surface area contributed by atoms with Crippen LogP contribution in [0.25, 0.3) is 0 Å². The van der Waals surface area contributed by atoms with Gasteiger partial charge < -0.3 is 30.4 Å². The van der Waals surface area contributed by atoms with Crippen LogP contribution in [-0.4, -0.2) is 67.0 Å². The highest BCUT2D eigenvalue weighted by molar-refractivity contribution is 6.50. The molecule has 0 saturated carbocycles. The molecule has 35 heavy (non-hydrogen) atoms. The van der Waals surface area contributed by atoms with Crippen LogP contribution in [0.5, 0.6) is 0 Å². The molecule has 0 aromatic heterocycles. The Balaban J connectivity index is 2.16. The first-order valence-electron chi connectivity index (χ1n) is 10.7. The van der Waals surface area contributed by atoms with Crippen molar-refractivity contribution >= 4 is 60.0 Å². The van der Waals surface area contributed by atoms with Gasteiger partial charge in [-0.05, 0) is 30.5 Å². The Bertz CT molecular complexity index is 1000. The maximum Gasteiger partial charge on any atom is 0.552 e. The first-order chi connectivity index (χ1) is 16.4. The Morgan fingerprint density at radius 3 is 2.51 bits per heavy atom. The normalized spacial score (nSPS) is 18.5. The van der Waals surface area contributed by atoms with Crippen LogP contribution in [0.4, 0.5) is 0 Å². The molecular weight excluding hydrogens is 504 g/mol. The third-order valence-electron chi connectivity index (χ3n) is 5.08. The minimum Gasteiger partial charge on any atom is -0.508 e. The molecule has 0 unspecified atom stereocenters. The molecule has 1 aromatic rings. The average molecular weight is 530 g/mol. The standard InChI is InChI=1S/C21H26BCl2N3O8/c1-11(2)6-15(22-34-18(31)9-21(35-22,8-17(29)30)20(33)25-3)27-16(28)10-26-19(32)13-7-12(23)4-5-14(13)24/h4-5,7,11,15H,6,8-10H2,1-3H3,(H,25,33)(H,26,32)(H,27,28)(H,29,30)/t15-,21-/m0/s1. The fraction of sp³-hybridized carbons (Fsp3) is 0.476. The molecule has 0 radical (unpaired) electrons. The maximum absolute atomic E-state index is 12.6. The summed E-state index contributed by atoms with van der Waals surface area (Å²) in [4.78, 5) is 61.2. The summed E-state index contributed by atoms with van der Waals surface area (Å²) in [5.74, 6) is -5.23. The molecule has 1 aliphatic rings. The number of carboxylic acids is 1. The van der Waals surface area contributed by atoms with Crippen molar-refractivity contribution in [1.29, 1.82) is 0 Å². The lowest BCUT2D eigenvalue weighted by molar-refractivity contribution is -0.164. The lowest BCUT2D eigenvalue weighted by Gasteiger charge is -2.39. The van der Waals surface area contributed by atoms with Crippen LogP contribution in [0.3, 0.4) is 0 Å². The van der Waals surface area contributed by atoms with Crippen molar-refractivity contribution in [2.45, 2.75) is 44.7 Å². The number of benzene rings is 1. The van der Waals surface area contributed by atoms with E-state index in [1.165, 1.54) is 25.2 Å². The van der Waals surface area contributed by atoms with Crippen molar-refractivity contribution in [2.24, 2.45) is 5.92 Å². The van der Waals surface area contributed by atoms with Gasteiger partial charge in [-0.2, -0.15) is 0 Å². The zero-order valence-corrected chi connectivity index (χ0v) is 20.9. The van der Waals surface area contributed by atoms with Crippen LogP contribution in [-0.2, 0) is 28.5 Å².